The summed E-state index contributed by atoms with van der Waals surface area (Å²) in [5, 5.41) is 12.5. The molecule has 1 aliphatic carbocycles. The number of hydrogen-bond donors (Lipinski definition) is 1. The zero-order chi connectivity index (χ0) is 22.9. The second-order valence-corrected chi connectivity index (χ2v) is 8.54. The molecule has 6 rings (SSSR count). The molecule has 0 amide bonds. The monoisotopic (exact) mass is 479 g/mol. The highest BCUT2D eigenvalue weighted by Crippen LogP contribution is 2.42. The van der Waals surface area contributed by atoms with Crippen molar-refractivity contribution in [3.05, 3.63) is 96.2 Å². The lowest BCUT2D eigenvalue weighted by atomic mass is 10.1. The van der Waals surface area contributed by atoms with E-state index in [9.17, 15) is 5.26 Å². The van der Waals surface area contributed by atoms with E-state index in [0.717, 1.165) is 34.7 Å². The second-order valence-electron chi connectivity index (χ2n) is 8.54. The quantitative estimate of drug-likeness (QED) is 0.328. The number of nitrogens with zero attached hydrogens (tertiary/aromatic N) is 6. The molecule has 1 fully saturated rings. The molecule has 0 aliphatic heterocycles. The lowest BCUT2D eigenvalue weighted by Crippen LogP contribution is -2.00. The third-order valence-electron chi connectivity index (χ3n) is 6.06. The van der Waals surface area contributed by atoms with Crippen LogP contribution in [0.4, 0.5) is 11.6 Å². The molecule has 7 nitrogen and oxygen atoms in total. The van der Waals surface area contributed by atoms with E-state index in [0.29, 0.717) is 17.3 Å². The number of anilines is 2. The number of pyridine rings is 3. The highest BCUT2D eigenvalue weighted by molar-refractivity contribution is 5.85. The van der Waals surface area contributed by atoms with Gasteiger partial charge in [0, 0.05) is 30.7 Å². The Morgan fingerprint density at radius 1 is 0.943 bits per heavy atom. The van der Waals surface area contributed by atoms with E-state index in [-0.39, 0.29) is 12.4 Å². The number of halogens is 1. The first-order chi connectivity index (χ1) is 16.7. The molecule has 0 spiro atoms. The molecule has 1 aliphatic rings. The number of fused-ring (bicyclic) bond motifs is 1. The van der Waals surface area contributed by atoms with E-state index in [4.69, 9.17) is 4.98 Å². The van der Waals surface area contributed by atoms with Crippen molar-refractivity contribution in [2.45, 2.75) is 25.3 Å². The molecule has 1 aromatic carbocycles. The molecular formula is C27H22ClN7. The van der Waals surface area contributed by atoms with Gasteiger partial charge in [-0.2, -0.15) is 5.26 Å². The summed E-state index contributed by atoms with van der Waals surface area (Å²) in [6, 6.07) is 20.2. The minimum absolute atomic E-state index is 0. The van der Waals surface area contributed by atoms with Crippen molar-refractivity contribution in [2.24, 2.45) is 0 Å². The molecular weight excluding hydrogens is 458 g/mol. The molecule has 0 saturated heterocycles. The third kappa shape index (κ3) is 4.84. The molecule has 8 heteroatoms. The first-order valence-electron chi connectivity index (χ1n) is 11.2. The Morgan fingerprint density at radius 3 is 2.60 bits per heavy atom. The van der Waals surface area contributed by atoms with Gasteiger partial charge in [-0.15, -0.1) is 12.4 Å². The van der Waals surface area contributed by atoms with Crippen LogP contribution in [0.5, 0.6) is 0 Å². The molecule has 172 valence electrons. The third-order valence-corrected chi connectivity index (χ3v) is 6.06. The lowest BCUT2D eigenvalue weighted by Gasteiger charge is -2.11. The van der Waals surface area contributed by atoms with E-state index in [1.54, 1.807) is 18.3 Å². The van der Waals surface area contributed by atoms with Gasteiger partial charge in [0.05, 0.1) is 34.7 Å². The van der Waals surface area contributed by atoms with Gasteiger partial charge in [-0.25, -0.2) is 15.0 Å². The minimum Gasteiger partial charge on any atom is -0.326 e. The predicted molar refractivity (Wildman–Crippen MR) is 138 cm³/mol. The van der Waals surface area contributed by atoms with Crippen LogP contribution in [0, 0.1) is 11.3 Å². The molecule has 0 atom stereocenters. The molecule has 0 unspecified atom stereocenters. The normalized spacial score (nSPS) is 12.7. The summed E-state index contributed by atoms with van der Waals surface area (Å²) >= 11 is 0. The maximum Gasteiger partial charge on any atom is 0.132 e. The van der Waals surface area contributed by atoms with Crippen molar-refractivity contribution >= 4 is 35.1 Å². The predicted octanol–water partition coefficient (Wildman–Crippen LogP) is 5.85. The van der Waals surface area contributed by atoms with Gasteiger partial charge in [0.1, 0.15) is 11.6 Å². The molecule has 4 aromatic heterocycles. The SMILES string of the molecule is Cl.N#Cc1ccnc(Nc2cc(C3CC3)cc(-c3ccc4ncn(Cc5ccncc5)c4c3)n2)c1. The van der Waals surface area contributed by atoms with Crippen LogP contribution in [0.25, 0.3) is 22.3 Å². The van der Waals surface area contributed by atoms with Crippen LogP contribution in [0.15, 0.2) is 79.5 Å². The molecule has 1 N–H and O–H groups in total. The topological polar surface area (TPSA) is 92.3 Å². The van der Waals surface area contributed by atoms with Gasteiger partial charge in [-0.05, 0) is 78.4 Å². The Bertz CT molecular complexity index is 1530. The van der Waals surface area contributed by atoms with Crippen LogP contribution in [-0.2, 0) is 6.54 Å². The van der Waals surface area contributed by atoms with Gasteiger partial charge in [-0.1, -0.05) is 6.07 Å². The molecule has 5 aromatic rings. The van der Waals surface area contributed by atoms with Gasteiger partial charge in [0.15, 0.2) is 0 Å². The van der Waals surface area contributed by atoms with Crippen molar-refractivity contribution in [3.8, 4) is 17.3 Å². The number of nitrogens with one attached hydrogen (secondary N) is 1. The summed E-state index contributed by atoms with van der Waals surface area (Å²) in [7, 11) is 0. The van der Waals surface area contributed by atoms with E-state index in [2.05, 4.69) is 55.2 Å². The fraction of sp³-hybridized carbons (Fsp3) is 0.148. The van der Waals surface area contributed by atoms with E-state index in [1.165, 1.54) is 24.0 Å². The Morgan fingerprint density at radius 2 is 1.80 bits per heavy atom. The van der Waals surface area contributed by atoms with E-state index >= 15 is 0 Å². The van der Waals surface area contributed by atoms with Crippen molar-refractivity contribution in [1.29, 1.82) is 5.26 Å². The Kier molecular flexibility index (Phi) is 6.13. The number of imidazole rings is 1. The van der Waals surface area contributed by atoms with Gasteiger partial charge >= 0.3 is 0 Å². The molecule has 35 heavy (non-hydrogen) atoms. The number of aromatic nitrogens is 5. The van der Waals surface area contributed by atoms with Gasteiger partial charge in [0.2, 0.25) is 0 Å². The number of benzene rings is 1. The molecule has 0 bridgehead atoms. The maximum absolute atomic E-state index is 9.20. The van der Waals surface area contributed by atoms with Gasteiger partial charge in [-0.3, -0.25) is 4.98 Å². The van der Waals surface area contributed by atoms with Gasteiger partial charge in [0.25, 0.3) is 0 Å². The summed E-state index contributed by atoms with van der Waals surface area (Å²) in [5.74, 6) is 1.91. The average Bonchev–Trinajstić information content (AvgIpc) is 3.66. The number of rotatable bonds is 6. The highest BCUT2D eigenvalue weighted by Gasteiger charge is 2.25. The Labute approximate surface area is 208 Å². The summed E-state index contributed by atoms with van der Waals surface area (Å²) in [6.45, 7) is 0.728. The molecule has 0 radical (unpaired) electrons. The average molecular weight is 480 g/mol. The van der Waals surface area contributed by atoms with Crippen molar-refractivity contribution in [3.63, 3.8) is 0 Å². The smallest absolute Gasteiger partial charge is 0.132 e. The lowest BCUT2D eigenvalue weighted by molar-refractivity contribution is 0.822. The fourth-order valence-corrected chi connectivity index (χ4v) is 4.14. The largest absolute Gasteiger partial charge is 0.326 e. The zero-order valence-corrected chi connectivity index (χ0v) is 19.6. The molecule has 4 heterocycles. The standard InChI is InChI=1S/C27H21N7.ClH/c28-15-19-7-10-30-26(11-19)33-27-14-22(20-1-2-20)12-24(32-27)21-3-4-23-25(13-21)34(17-31-23)16-18-5-8-29-9-6-18;/h3-14,17,20H,1-2,16H2,(H,30,32,33);1H. The summed E-state index contributed by atoms with van der Waals surface area (Å²) in [5.41, 5.74) is 6.96. The maximum atomic E-state index is 9.20. The van der Waals surface area contributed by atoms with Crippen LogP contribution in [0.1, 0.15) is 35.4 Å². The fourth-order valence-electron chi connectivity index (χ4n) is 4.14. The summed E-state index contributed by atoms with van der Waals surface area (Å²) in [6.07, 6.45) is 9.52. The molecule has 1 saturated carbocycles. The van der Waals surface area contributed by atoms with Crippen LogP contribution >= 0.6 is 12.4 Å². The van der Waals surface area contributed by atoms with E-state index < -0.39 is 0 Å². The van der Waals surface area contributed by atoms with Crippen LogP contribution in [0.3, 0.4) is 0 Å². The van der Waals surface area contributed by atoms with Crippen LogP contribution in [0.2, 0.25) is 0 Å². The first-order valence-corrected chi connectivity index (χ1v) is 11.2. The number of hydrogen-bond acceptors (Lipinski definition) is 6. The van der Waals surface area contributed by atoms with Crippen molar-refractivity contribution in [2.75, 3.05) is 5.32 Å². The summed E-state index contributed by atoms with van der Waals surface area (Å²) in [4.78, 5) is 17.9. The Balaban J connectivity index is 0.00000253. The highest BCUT2D eigenvalue weighted by atomic mass is 35.5. The van der Waals surface area contributed by atoms with Crippen LogP contribution < -0.4 is 5.32 Å². The first kappa shape index (κ1) is 22.5. The number of nitriles is 1. The van der Waals surface area contributed by atoms with Gasteiger partial charge < -0.3 is 9.88 Å². The van der Waals surface area contributed by atoms with Crippen LogP contribution in [-0.4, -0.2) is 24.5 Å². The second kappa shape index (κ2) is 9.53. The van der Waals surface area contributed by atoms with Crippen molar-refractivity contribution in [1.82, 2.24) is 24.5 Å². The zero-order valence-electron chi connectivity index (χ0n) is 18.8. The minimum atomic E-state index is 0. The Hall–Kier alpha value is -4.28. The summed E-state index contributed by atoms with van der Waals surface area (Å²) < 4.78 is 2.15. The van der Waals surface area contributed by atoms with E-state index in [1.807, 2.05) is 36.9 Å². The van der Waals surface area contributed by atoms with Crippen molar-refractivity contribution < 1.29 is 0 Å².